The number of amides is 1. The van der Waals surface area contributed by atoms with Crippen molar-refractivity contribution in [3.63, 3.8) is 0 Å². The smallest absolute Gasteiger partial charge is 0.407 e. The van der Waals surface area contributed by atoms with Crippen LogP contribution >= 0.6 is 0 Å². The Kier molecular flexibility index (Phi) is 3.53. The van der Waals surface area contributed by atoms with Crippen molar-refractivity contribution in [2.75, 3.05) is 19.6 Å². The van der Waals surface area contributed by atoms with Gasteiger partial charge in [-0.3, -0.25) is 4.90 Å². The van der Waals surface area contributed by atoms with Crippen LogP contribution in [0.2, 0.25) is 0 Å². The lowest BCUT2D eigenvalue weighted by atomic mass is 9.95. The first-order valence-electron chi connectivity index (χ1n) is 7.78. The highest BCUT2D eigenvalue weighted by molar-refractivity contribution is 5.70. The minimum atomic E-state index is -0.345. The van der Waals surface area contributed by atoms with Crippen LogP contribution in [0.5, 0.6) is 0 Å². The van der Waals surface area contributed by atoms with Gasteiger partial charge in [0.25, 0.3) is 5.89 Å². The highest BCUT2D eigenvalue weighted by atomic mass is 16.6. The lowest BCUT2D eigenvalue weighted by molar-refractivity contribution is 0.0442. The molecule has 23 heavy (non-hydrogen) atoms. The van der Waals surface area contributed by atoms with Crippen LogP contribution in [0.1, 0.15) is 25.1 Å². The van der Waals surface area contributed by atoms with Crippen molar-refractivity contribution in [3.8, 4) is 11.7 Å². The normalized spacial score (nSPS) is 25.3. The molecule has 4 heterocycles. The summed E-state index contributed by atoms with van der Waals surface area (Å²) in [5.74, 6) is 1.60. The first-order valence-corrected chi connectivity index (χ1v) is 7.78. The van der Waals surface area contributed by atoms with E-state index in [9.17, 15) is 4.79 Å². The van der Waals surface area contributed by atoms with E-state index in [1.54, 1.807) is 18.4 Å². The van der Waals surface area contributed by atoms with Gasteiger partial charge in [-0.1, -0.05) is 5.16 Å². The standard InChI is InChI=1S/C15H18N4O4/c20-14-16-10-15(22-14)4-2-6-19(7-5-15)9-12-17-13(23-18-12)11-3-1-8-21-11/h1,3,8H,2,4-7,9-10H2,(H,16,20)/t15-/m1/s1. The van der Waals surface area contributed by atoms with E-state index in [2.05, 4.69) is 20.4 Å². The number of rotatable bonds is 3. The number of carbonyl (C=O) groups is 1. The molecule has 1 atom stereocenters. The second-order valence-corrected chi connectivity index (χ2v) is 6.05. The molecule has 0 radical (unpaired) electrons. The van der Waals surface area contributed by atoms with Gasteiger partial charge in [0.15, 0.2) is 11.6 Å². The van der Waals surface area contributed by atoms with E-state index in [4.69, 9.17) is 13.7 Å². The summed E-state index contributed by atoms with van der Waals surface area (Å²) in [5.41, 5.74) is -0.345. The van der Waals surface area contributed by atoms with Crippen LogP contribution in [0.25, 0.3) is 11.7 Å². The number of ether oxygens (including phenoxy) is 1. The van der Waals surface area contributed by atoms with Crippen LogP contribution < -0.4 is 5.32 Å². The Morgan fingerprint density at radius 1 is 1.35 bits per heavy atom. The average Bonchev–Trinajstić information content (AvgIpc) is 3.23. The molecular formula is C15H18N4O4. The van der Waals surface area contributed by atoms with Gasteiger partial charge in [-0.2, -0.15) is 4.98 Å². The summed E-state index contributed by atoms with van der Waals surface area (Å²) >= 11 is 0. The summed E-state index contributed by atoms with van der Waals surface area (Å²) in [4.78, 5) is 18.0. The summed E-state index contributed by atoms with van der Waals surface area (Å²) in [6, 6.07) is 3.57. The summed E-state index contributed by atoms with van der Waals surface area (Å²) in [7, 11) is 0. The second-order valence-electron chi connectivity index (χ2n) is 6.05. The predicted molar refractivity (Wildman–Crippen MR) is 78.3 cm³/mol. The van der Waals surface area contributed by atoms with Gasteiger partial charge in [0.05, 0.1) is 19.4 Å². The van der Waals surface area contributed by atoms with Gasteiger partial charge in [0.1, 0.15) is 5.60 Å². The topological polar surface area (TPSA) is 93.6 Å². The van der Waals surface area contributed by atoms with Crippen molar-refractivity contribution in [3.05, 3.63) is 24.2 Å². The molecule has 8 nitrogen and oxygen atoms in total. The minimum absolute atomic E-state index is 0.306. The van der Waals surface area contributed by atoms with E-state index < -0.39 is 0 Å². The van der Waals surface area contributed by atoms with E-state index in [1.165, 1.54) is 0 Å². The molecule has 0 bridgehead atoms. The number of likely N-dealkylation sites (tertiary alicyclic amines) is 1. The monoisotopic (exact) mass is 318 g/mol. The fourth-order valence-corrected chi connectivity index (χ4v) is 3.18. The number of furan rings is 1. The summed E-state index contributed by atoms with van der Waals surface area (Å²) < 4.78 is 16.0. The number of carbonyl (C=O) groups excluding carboxylic acids is 1. The van der Waals surface area contributed by atoms with Crippen molar-refractivity contribution < 1.29 is 18.5 Å². The molecule has 0 aromatic carbocycles. The quantitative estimate of drug-likeness (QED) is 0.922. The molecule has 0 saturated carbocycles. The number of nitrogens with zero attached hydrogens (tertiary/aromatic N) is 3. The lowest BCUT2D eigenvalue weighted by Crippen LogP contribution is -2.34. The predicted octanol–water partition coefficient (Wildman–Crippen LogP) is 1.79. The van der Waals surface area contributed by atoms with E-state index >= 15 is 0 Å². The fraction of sp³-hybridized carbons (Fsp3) is 0.533. The molecule has 2 aliphatic rings. The highest BCUT2D eigenvalue weighted by Gasteiger charge is 2.41. The molecule has 1 amide bonds. The minimum Gasteiger partial charge on any atom is -0.459 e. The molecule has 2 aromatic heterocycles. The van der Waals surface area contributed by atoms with Gasteiger partial charge in [-0.25, -0.2) is 4.79 Å². The first kappa shape index (κ1) is 14.3. The zero-order valence-electron chi connectivity index (χ0n) is 12.7. The zero-order valence-corrected chi connectivity index (χ0v) is 12.7. The largest absolute Gasteiger partial charge is 0.459 e. The maximum absolute atomic E-state index is 11.3. The van der Waals surface area contributed by atoms with E-state index in [1.807, 2.05) is 0 Å². The van der Waals surface area contributed by atoms with Crippen molar-refractivity contribution in [1.82, 2.24) is 20.4 Å². The highest BCUT2D eigenvalue weighted by Crippen LogP contribution is 2.29. The average molecular weight is 318 g/mol. The van der Waals surface area contributed by atoms with Crippen LogP contribution in [0.3, 0.4) is 0 Å². The van der Waals surface area contributed by atoms with Gasteiger partial charge in [-0.05, 0) is 31.5 Å². The Balaban J connectivity index is 1.39. The number of hydrogen-bond donors (Lipinski definition) is 1. The molecule has 2 aliphatic heterocycles. The molecule has 0 unspecified atom stereocenters. The Bertz CT molecular complexity index is 683. The molecule has 4 rings (SSSR count). The summed E-state index contributed by atoms with van der Waals surface area (Å²) in [6.07, 6.45) is 3.93. The van der Waals surface area contributed by atoms with Crippen LogP contribution in [0, 0.1) is 0 Å². The Morgan fingerprint density at radius 3 is 3.09 bits per heavy atom. The Hall–Kier alpha value is -2.35. The number of hydrogen-bond acceptors (Lipinski definition) is 7. The van der Waals surface area contributed by atoms with Crippen LogP contribution in [-0.4, -0.2) is 46.4 Å². The van der Waals surface area contributed by atoms with Crippen LogP contribution in [0.4, 0.5) is 4.79 Å². The molecular weight excluding hydrogens is 300 g/mol. The summed E-state index contributed by atoms with van der Waals surface area (Å²) in [6.45, 7) is 2.97. The second kappa shape index (κ2) is 5.69. The Labute approximate surface area is 132 Å². The third kappa shape index (κ3) is 2.94. The number of alkyl carbamates (subject to hydrolysis) is 1. The maximum atomic E-state index is 11.3. The van der Waals surface area contributed by atoms with Gasteiger partial charge in [0.2, 0.25) is 0 Å². The van der Waals surface area contributed by atoms with Crippen molar-refractivity contribution in [2.24, 2.45) is 0 Å². The van der Waals surface area contributed by atoms with Crippen LogP contribution in [0.15, 0.2) is 27.3 Å². The van der Waals surface area contributed by atoms with Crippen molar-refractivity contribution >= 4 is 6.09 Å². The van der Waals surface area contributed by atoms with Gasteiger partial charge >= 0.3 is 6.09 Å². The molecule has 1 spiro atoms. The number of nitrogens with one attached hydrogen (secondary N) is 1. The van der Waals surface area contributed by atoms with Crippen molar-refractivity contribution in [1.29, 1.82) is 0 Å². The molecule has 2 saturated heterocycles. The van der Waals surface area contributed by atoms with E-state index in [-0.39, 0.29) is 11.7 Å². The number of aromatic nitrogens is 2. The van der Waals surface area contributed by atoms with Crippen LogP contribution in [-0.2, 0) is 11.3 Å². The fourth-order valence-electron chi connectivity index (χ4n) is 3.18. The van der Waals surface area contributed by atoms with Gasteiger partial charge in [-0.15, -0.1) is 0 Å². The molecule has 122 valence electrons. The van der Waals surface area contributed by atoms with Gasteiger partial charge < -0.3 is 19.0 Å². The molecule has 1 N–H and O–H groups in total. The Morgan fingerprint density at radius 2 is 2.30 bits per heavy atom. The van der Waals surface area contributed by atoms with Crippen molar-refractivity contribution in [2.45, 2.75) is 31.4 Å². The molecule has 0 aliphatic carbocycles. The third-order valence-electron chi connectivity index (χ3n) is 4.42. The summed E-state index contributed by atoms with van der Waals surface area (Å²) in [5, 5.41) is 6.77. The van der Waals surface area contributed by atoms with E-state index in [0.29, 0.717) is 30.6 Å². The third-order valence-corrected chi connectivity index (χ3v) is 4.42. The maximum Gasteiger partial charge on any atom is 0.407 e. The molecule has 8 heteroatoms. The first-order chi connectivity index (χ1) is 11.2. The lowest BCUT2D eigenvalue weighted by Gasteiger charge is -2.24. The molecule has 2 aromatic rings. The molecule has 2 fully saturated rings. The zero-order chi connectivity index (χ0) is 15.7. The van der Waals surface area contributed by atoms with E-state index in [0.717, 1.165) is 32.4 Å². The van der Waals surface area contributed by atoms with Gasteiger partial charge in [0, 0.05) is 13.0 Å². The SMILES string of the molecule is O=C1NC[C@]2(CCCN(Cc3noc(-c4ccco4)n3)CC2)O1.